The van der Waals surface area contributed by atoms with E-state index in [1.807, 2.05) is 0 Å². The Balaban J connectivity index is 0. The van der Waals surface area contributed by atoms with Crippen molar-refractivity contribution in [3.8, 4) is 0 Å². The van der Waals surface area contributed by atoms with Gasteiger partial charge in [-0.1, -0.05) is 6.58 Å². The lowest BCUT2D eigenvalue weighted by Crippen LogP contribution is -2.10. The molecule has 2 nitrogen and oxygen atoms in total. The number of allylic oxidation sites excluding steroid dienone is 1. The summed E-state index contributed by atoms with van der Waals surface area (Å²) in [6.07, 6.45) is 1.83. The molecule has 0 bridgehead atoms. The van der Waals surface area contributed by atoms with E-state index in [4.69, 9.17) is 9.90 Å². The molecule has 0 amide bonds. The second kappa shape index (κ2) is 5.51. The van der Waals surface area contributed by atoms with E-state index in [0.29, 0.717) is 6.29 Å². The van der Waals surface area contributed by atoms with Crippen molar-refractivity contribution in [2.75, 3.05) is 0 Å². The minimum absolute atomic E-state index is 0.500. The van der Waals surface area contributed by atoms with Crippen molar-refractivity contribution in [1.82, 2.24) is 0 Å². The van der Waals surface area contributed by atoms with E-state index in [1.54, 1.807) is 20.8 Å². The Kier molecular flexibility index (Phi) is 6.85. The Morgan fingerprint density at radius 3 is 1.56 bits per heavy atom. The molecular weight excluding hydrogens is 116 g/mol. The molecule has 0 aromatic heterocycles. The van der Waals surface area contributed by atoms with Gasteiger partial charge < -0.3 is 5.11 Å². The third-order valence-electron chi connectivity index (χ3n) is 0.0962. The summed E-state index contributed by atoms with van der Waals surface area (Å²) in [7, 11) is 0. The van der Waals surface area contributed by atoms with Crippen LogP contribution in [0.25, 0.3) is 0 Å². The van der Waals surface area contributed by atoms with Crippen LogP contribution in [0.4, 0.5) is 0 Å². The van der Waals surface area contributed by atoms with Gasteiger partial charge >= 0.3 is 0 Å². The van der Waals surface area contributed by atoms with E-state index in [9.17, 15) is 0 Å². The first kappa shape index (κ1) is 11.2. The first-order chi connectivity index (χ1) is 3.91. The fourth-order valence-electron chi connectivity index (χ4n) is 0. The second-order valence-electron chi connectivity index (χ2n) is 2.54. The lowest BCUT2D eigenvalue weighted by atomic mass is 10.2. The fraction of sp³-hybridized carbons (Fsp3) is 0.571. The van der Waals surface area contributed by atoms with E-state index in [-0.39, 0.29) is 0 Å². The van der Waals surface area contributed by atoms with Crippen LogP contribution in [-0.4, -0.2) is 17.0 Å². The maximum absolute atomic E-state index is 9.06. The monoisotopic (exact) mass is 130 g/mol. The summed E-state index contributed by atoms with van der Waals surface area (Å²) in [4.78, 5) is 9.06. The second-order valence-corrected chi connectivity index (χ2v) is 2.54. The molecule has 0 spiro atoms. The molecule has 0 aliphatic rings. The highest BCUT2D eigenvalue weighted by Crippen LogP contribution is 1.93. The average molecular weight is 130 g/mol. The molecule has 0 aliphatic carbocycles. The summed E-state index contributed by atoms with van der Waals surface area (Å²) < 4.78 is 0. The third kappa shape index (κ3) is 1550. The van der Waals surface area contributed by atoms with Gasteiger partial charge in [-0.15, -0.1) is 0 Å². The predicted octanol–water partition coefficient (Wildman–Crippen LogP) is 1.15. The van der Waals surface area contributed by atoms with Gasteiger partial charge in [-0.3, -0.25) is 4.79 Å². The summed E-state index contributed by atoms with van der Waals surface area (Å²) in [6.45, 7) is 8.34. The molecule has 0 unspecified atom stereocenters. The molecule has 0 saturated heterocycles. The van der Waals surface area contributed by atoms with Crippen molar-refractivity contribution < 1.29 is 9.90 Å². The first-order valence-corrected chi connectivity index (χ1v) is 2.70. The molecule has 54 valence electrons. The van der Waals surface area contributed by atoms with Gasteiger partial charge in [-0.05, 0) is 26.8 Å². The molecule has 0 rings (SSSR count). The molecule has 9 heavy (non-hydrogen) atoms. The lowest BCUT2D eigenvalue weighted by Gasteiger charge is -2.04. The first-order valence-electron chi connectivity index (χ1n) is 2.70. The zero-order valence-corrected chi connectivity index (χ0v) is 6.22. The quantitative estimate of drug-likeness (QED) is 0.427. The van der Waals surface area contributed by atoms with Crippen molar-refractivity contribution in [3.05, 3.63) is 12.7 Å². The van der Waals surface area contributed by atoms with Crippen molar-refractivity contribution in [1.29, 1.82) is 0 Å². The molecular formula is C7H14O2. The molecule has 0 atom stereocenters. The van der Waals surface area contributed by atoms with E-state index >= 15 is 0 Å². The van der Waals surface area contributed by atoms with Gasteiger partial charge in [0.15, 0.2) is 0 Å². The van der Waals surface area contributed by atoms with Crippen LogP contribution in [0, 0.1) is 0 Å². The van der Waals surface area contributed by atoms with Crippen LogP contribution < -0.4 is 0 Å². The van der Waals surface area contributed by atoms with Gasteiger partial charge in [0, 0.05) is 0 Å². The van der Waals surface area contributed by atoms with Gasteiger partial charge in [-0.25, -0.2) is 0 Å². The van der Waals surface area contributed by atoms with Crippen LogP contribution in [0.5, 0.6) is 0 Å². The number of carbonyl (C=O) groups is 1. The minimum atomic E-state index is -0.500. The molecule has 2 heteroatoms. The summed E-state index contributed by atoms with van der Waals surface area (Å²) in [5.41, 5.74) is -0.500. The summed E-state index contributed by atoms with van der Waals surface area (Å²) >= 11 is 0. The highest BCUT2D eigenvalue weighted by Gasteiger charge is 1.97. The highest BCUT2D eigenvalue weighted by atomic mass is 16.3. The summed E-state index contributed by atoms with van der Waals surface area (Å²) in [5.74, 6) is 0. The number of carbonyl (C=O) groups excluding carboxylic acids is 1. The molecule has 0 fully saturated rings. The van der Waals surface area contributed by atoms with Gasteiger partial charge in [-0.2, -0.15) is 0 Å². The average Bonchev–Trinajstić information content (AvgIpc) is 1.61. The van der Waals surface area contributed by atoms with Crippen LogP contribution in [0.1, 0.15) is 20.8 Å². The molecule has 0 heterocycles. The summed E-state index contributed by atoms with van der Waals surface area (Å²) in [5, 5.41) is 8.52. The summed E-state index contributed by atoms with van der Waals surface area (Å²) in [6, 6.07) is 0. The Labute approximate surface area is 56.2 Å². The largest absolute Gasteiger partial charge is 0.391 e. The Hall–Kier alpha value is -0.630. The lowest BCUT2D eigenvalue weighted by molar-refractivity contribution is -0.104. The van der Waals surface area contributed by atoms with Crippen LogP contribution >= 0.6 is 0 Å². The number of hydrogen-bond donors (Lipinski definition) is 1. The third-order valence-corrected chi connectivity index (χ3v) is 0.0962. The van der Waals surface area contributed by atoms with Gasteiger partial charge in [0.2, 0.25) is 0 Å². The van der Waals surface area contributed by atoms with E-state index in [1.165, 1.54) is 6.08 Å². The molecule has 1 N–H and O–H groups in total. The van der Waals surface area contributed by atoms with Crippen molar-refractivity contribution in [2.24, 2.45) is 0 Å². The SMILES string of the molecule is C=CC=O.CC(C)(C)O. The molecule has 0 aromatic rings. The Bertz CT molecular complexity index is 67.4. The van der Waals surface area contributed by atoms with Gasteiger partial charge in [0.05, 0.1) is 5.60 Å². The smallest absolute Gasteiger partial charge is 0.142 e. The van der Waals surface area contributed by atoms with Crippen LogP contribution in [0.2, 0.25) is 0 Å². The van der Waals surface area contributed by atoms with Crippen LogP contribution in [-0.2, 0) is 4.79 Å². The Morgan fingerprint density at radius 2 is 1.56 bits per heavy atom. The van der Waals surface area contributed by atoms with E-state index < -0.39 is 5.60 Å². The Morgan fingerprint density at radius 1 is 1.44 bits per heavy atom. The van der Waals surface area contributed by atoms with Crippen molar-refractivity contribution >= 4 is 6.29 Å². The molecule has 0 saturated carbocycles. The standard InChI is InChI=1S/C4H10O.C3H4O/c1-4(2,3)5;1-2-3-4/h5H,1-3H3;2-3H,1H2. The molecule has 0 aliphatic heterocycles. The minimum Gasteiger partial charge on any atom is -0.391 e. The van der Waals surface area contributed by atoms with Crippen LogP contribution in [0.15, 0.2) is 12.7 Å². The van der Waals surface area contributed by atoms with Gasteiger partial charge in [0.1, 0.15) is 6.29 Å². The highest BCUT2D eigenvalue weighted by molar-refractivity contribution is 5.63. The maximum Gasteiger partial charge on any atom is 0.142 e. The molecule has 0 aromatic carbocycles. The predicted molar refractivity (Wildman–Crippen MR) is 38.2 cm³/mol. The zero-order chi connectivity index (χ0) is 7.91. The number of aliphatic hydroxyl groups is 1. The van der Waals surface area contributed by atoms with Crippen molar-refractivity contribution in [3.63, 3.8) is 0 Å². The van der Waals surface area contributed by atoms with E-state index in [0.717, 1.165) is 0 Å². The number of aldehydes is 1. The number of hydrogen-bond acceptors (Lipinski definition) is 2. The van der Waals surface area contributed by atoms with E-state index in [2.05, 4.69) is 6.58 Å². The topological polar surface area (TPSA) is 37.3 Å². The zero-order valence-electron chi connectivity index (χ0n) is 6.22. The van der Waals surface area contributed by atoms with Crippen molar-refractivity contribution in [2.45, 2.75) is 26.4 Å². The fourth-order valence-corrected chi connectivity index (χ4v) is 0. The van der Waals surface area contributed by atoms with Gasteiger partial charge in [0.25, 0.3) is 0 Å². The number of rotatable bonds is 1. The normalized spacial score (nSPS) is 8.89. The maximum atomic E-state index is 9.06. The van der Waals surface area contributed by atoms with Crippen LogP contribution in [0.3, 0.4) is 0 Å². The molecule has 0 radical (unpaired) electrons.